The molecule has 1 saturated heterocycles. The summed E-state index contributed by atoms with van der Waals surface area (Å²) in [4.78, 5) is 46.1. The van der Waals surface area contributed by atoms with Crippen molar-refractivity contribution in [2.75, 3.05) is 24.0 Å². The number of para-hydroxylation sites is 1. The summed E-state index contributed by atoms with van der Waals surface area (Å²) in [5, 5.41) is 3.47. The van der Waals surface area contributed by atoms with Crippen LogP contribution in [0, 0.1) is 5.41 Å². The van der Waals surface area contributed by atoms with E-state index in [0.29, 0.717) is 29.8 Å². The van der Waals surface area contributed by atoms with Gasteiger partial charge in [-0.1, -0.05) is 49.7 Å². The second-order valence-electron chi connectivity index (χ2n) is 12.0. The first-order chi connectivity index (χ1) is 18.5. The first-order valence-corrected chi connectivity index (χ1v) is 13.8. The summed E-state index contributed by atoms with van der Waals surface area (Å²) in [6, 6.07) is 12.9. The first-order valence-electron chi connectivity index (χ1n) is 13.4. The highest BCUT2D eigenvalue weighted by molar-refractivity contribution is 7.80. The van der Waals surface area contributed by atoms with Gasteiger partial charge in [-0.3, -0.25) is 9.59 Å². The van der Waals surface area contributed by atoms with Crippen LogP contribution in [-0.2, 0) is 25.3 Å². The molecular formula is C30H33N3O5S. The maximum absolute atomic E-state index is 14.9. The summed E-state index contributed by atoms with van der Waals surface area (Å²) in [7, 11) is 3.35. The zero-order valence-electron chi connectivity index (χ0n) is 22.9. The van der Waals surface area contributed by atoms with Crippen molar-refractivity contribution in [2.24, 2.45) is 5.41 Å². The number of carbonyl (C=O) groups excluding carboxylic acids is 3. The van der Waals surface area contributed by atoms with Crippen LogP contribution in [0.1, 0.15) is 64.0 Å². The minimum Gasteiger partial charge on any atom is -0.497 e. The Morgan fingerprint density at radius 3 is 2.33 bits per heavy atom. The monoisotopic (exact) mass is 547 g/mol. The van der Waals surface area contributed by atoms with Gasteiger partial charge in [0, 0.05) is 23.7 Å². The van der Waals surface area contributed by atoms with E-state index in [1.807, 2.05) is 30.3 Å². The van der Waals surface area contributed by atoms with Crippen molar-refractivity contribution in [1.82, 2.24) is 5.32 Å². The number of ether oxygens (including phenoxy) is 2. The van der Waals surface area contributed by atoms with E-state index in [-0.39, 0.29) is 10.9 Å². The molecule has 3 amide bonds. The molecule has 0 aromatic heterocycles. The third-order valence-electron chi connectivity index (χ3n) is 9.03. The maximum atomic E-state index is 14.9. The number of anilines is 2. The number of hydrogen-bond acceptors (Lipinski definition) is 6. The summed E-state index contributed by atoms with van der Waals surface area (Å²) in [6.45, 7) is 5.30. The van der Waals surface area contributed by atoms with Crippen LogP contribution in [-0.4, -0.2) is 42.7 Å². The first kappa shape index (κ1) is 25.8. The molecule has 2 aromatic carbocycles. The normalized spacial score (nSPS) is 26.8. The lowest BCUT2D eigenvalue weighted by atomic mass is 9.49. The summed E-state index contributed by atoms with van der Waals surface area (Å²) in [5.74, 6) is -0.00159. The second-order valence-corrected chi connectivity index (χ2v) is 12.4. The molecule has 3 heterocycles. The lowest BCUT2D eigenvalue weighted by molar-refractivity contribution is -0.135. The Hall–Kier alpha value is -3.46. The Balaban J connectivity index is 1.66. The van der Waals surface area contributed by atoms with Gasteiger partial charge in [-0.15, -0.1) is 0 Å². The summed E-state index contributed by atoms with van der Waals surface area (Å²) >= 11 is 6.13. The fraction of sp³-hybridized carbons (Fsp3) is 0.467. The zero-order valence-corrected chi connectivity index (χ0v) is 23.7. The van der Waals surface area contributed by atoms with Crippen LogP contribution in [0.5, 0.6) is 5.75 Å². The Bertz CT molecular complexity index is 1440. The molecule has 3 aliphatic heterocycles. The molecule has 3 spiro atoms. The molecule has 9 heteroatoms. The van der Waals surface area contributed by atoms with Crippen molar-refractivity contribution in [3.8, 4) is 5.75 Å². The van der Waals surface area contributed by atoms with Crippen LogP contribution in [0.3, 0.4) is 0 Å². The number of nitrogens with one attached hydrogen (secondary N) is 1. The van der Waals surface area contributed by atoms with E-state index in [9.17, 15) is 14.4 Å². The molecule has 1 N–H and O–H groups in total. The van der Waals surface area contributed by atoms with Gasteiger partial charge in [0.2, 0.25) is 0 Å². The molecule has 2 atom stereocenters. The highest BCUT2D eigenvalue weighted by Gasteiger charge is 2.81. The van der Waals surface area contributed by atoms with Gasteiger partial charge < -0.3 is 19.7 Å². The van der Waals surface area contributed by atoms with E-state index in [0.717, 1.165) is 35.4 Å². The number of amides is 3. The van der Waals surface area contributed by atoms with Gasteiger partial charge in [0.1, 0.15) is 16.8 Å². The number of carbonyl (C=O) groups is 3. The number of rotatable bonds is 1. The van der Waals surface area contributed by atoms with Crippen LogP contribution in [0.2, 0.25) is 0 Å². The van der Waals surface area contributed by atoms with Crippen LogP contribution >= 0.6 is 12.2 Å². The van der Waals surface area contributed by atoms with Crippen molar-refractivity contribution in [3.05, 3.63) is 53.6 Å². The van der Waals surface area contributed by atoms with E-state index < -0.39 is 34.0 Å². The Morgan fingerprint density at radius 1 is 0.974 bits per heavy atom. The Kier molecular flexibility index (Phi) is 5.47. The van der Waals surface area contributed by atoms with Crippen LogP contribution in [0.15, 0.2) is 42.5 Å². The quantitative estimate of drug-likeness (QED) is 0.505. The van der Waals surface area contributed by atoms with Crippen molar-refractivity contribution < 1.29 is 23.9 Å². The molecule has 2 aromatic rings. The molecule has 6 rings (SSSR count). The molecule has 0 bridgehead atoms. The number of methoxy groups -OCH3 is 1. The summed E-state index contributed by atoms with van der Waals surface area (Å²) in [5.41, 5.74) is -1.89. The fourth-order valence-electron chi connectivity index (χ4n) is 7.63. The zero-order chi connectivity index (χ0) is 28.0. The van der Waals surface area contributed by atoms with Gasteiger partial charge in [0.25, 0.3) is 11.8 Å². The third kappa shape index (κ3) is 2.99. The van der Waals surface area contributed by atoms with Crippen LogP contribution < -0.4 is 19.9 Å². The molecule has 0 unspecified atom stereocenters. The van der Waals surface area contributed by atoms with Gasteiger partial charge >= 0.3 is 6.09 Å². The fourth-order valence-corrected chi connectivity index (χ4v) is 8.18. The number of nitrogens with zero attached hydrogens (tertiary/aromatic N) is 2. The standard InChI is InChI=1S/C30H33N3O5S/c1-27(2,3)38-26(36)33-22-12-8-7-11-19(22)29(24(33)34)23(39)31-30(28(29)15-9-6-10-16-28)20-17-18(37-5)13-14-21(20)32(4)25(30)35/h7-8,11-14,17H,6,9-10,15-16H2,1-5H3,(H,31,39)/t29-,30-/m1/s1. The summed E-state index contributed by atoms with van der Waals surface area (Å²) in [6.07, 6.45) is 3.06. The topological polar surface area (TPSA) is 88.2 Å². The van der Waals surface area contributed by atoms with Gasteiger partial charge in [-0.25, -0.2) is 9.69 Å². The van der Waals surface area contributed by atoms with E-state index in [4.69, 9.17) is 21.7 Å². The second kappa shape index (κ2) is 8.27. The number of likely N-dealkylation sites (N-methyl/N-ethyl adjacent to an activating group) is 1. The van der Waals surface area contributed by atoms with Crippen molar-refractivity contribution in [3.63, 3.8) is 0 Å². The van der Waals surface area contributed by atoms with Crippen LogP contribution in [0.25, 0.3) is 0 Å². The molecule has 4 aliphatic rings. The van der Waals surface area contributed by atoms with Crippen LogP contribution in [0.4, 0.5) is 16.2 Å². The Morgan fingerprint density at radius 2 is 1.67 bits per heavy atom. The molecule has 8 nitrogen and oxygen atoms in total. The number of fused-ring (bicyclic) bond motifs is 6. The minimum atomic E-state index is -1.42. The van der Waals surface area contributed by atoms with E-state index in [1.165, 1.54) is 0 Å². The Labute approximate surface area is 233 Å². The van der Waals surface area contributed by atoms with Gasteiger partial charge in [0.05, 0.1) is 17.8 Å². The maximum Gasteiger partial charge on any atom is 0.421 e. The molecule has 2 fully saturated rings. The van der Waals surface area contributed by atoms with Crippen molar-refractivity contribution in [1.29, 1.82) is 0 Å². The smallest absolute Gasteiger partial charge is 0.421 e. The number of thiocarbonyl (C=S) groups is 1. The number of benzene rings is 2. The van der Waals surface area contributed by atoms with E-state index >= 15 is 0 Å². The molecule has 39 heavy (non-hydrogen) atoms. The number of imide groups is 1. The molecular weight excluding hydrogens is 514 g/mol. The molecule has 1 saturated carbocycles. The molecule has 204 valence electrons. The highest BCUT2D eigenvalue weighted by Crippen LogP contribution is 2.70. The lowest BCUT2D eigenvalue weighted by Gasteiger charge is -2.50. The SMILES string of the molecule is COc1ccc2c(c1)[C@@]1(NC(=S)[C@]3(C(=O)N(C(=O)OC(C)(C)C)c4ccccc43)C13CCCCC3)C(=O)N2C. The predicted octanol–water partition coefficient (Wildman–Crippen LogP) is 4.97. The van der Waals surface area contributed by atoms with Gasteiger partial charge in [-0.2, -0.15) is 0 Å². The van der Waals surface area contributed by atoms with E-state index in [2.05, 4.69) is 5.32 Å². The van der Waals surface area contributed by atoms with Crippen molar-refractivity contribution in [2.45, 2.75) is 69.4 Å². The van der Waals surface area contributed by atoms with Gasteiger partial charge in [0.15, 0.2) is 5.54 Å². The molecule has 1 aliphatic carbocycles. The van der Waals surface area contributed by atoms with Gasteiger partial charge in [-0.05, 0) is 63.4 Å². The average Bonchev–Trinajstić information content (AvgIpc) is 3.39. The highest BCUT2D eigenvalue weighted by atomic mass is 32.1. The molecule has 0 radical (unpaired) electrons. The minimum absolute atomic E-state index is 0.159. The number of hydrogen-bond donors (Lipinski definition) is 1. The predicted molar refractivity (Wildman–Crippen MR) is 151 cm³/mol. The summed E-state index contributed by atoms with van der Waals surface area (Å²) < 4.78 is 11.3. The largest absolute Gasteiger partial charge is 0.497 e. The lowest BCUT2D eigenvalue weighted by Crippen LogP contribution is -2.62. The third-order valence-corrected chi connectivity index (χ3v) is 9.44. The average molecular weight is 548 g/mol. The van der Waals surface area contributed by atoms with Crippen molar-refractivity contribution >= 4 is 46.5 Å². The van der Waals surface area contributed by atoms with E-state index in [1.54, 1.807) is 52.0 Å².